The molecule has 2 aromatic rings. The molecule has 380 valence electrons. The van der Waals surface area contributed by atoms with E-state index >= 15 is 0 Å². The quantitative estimate of drug-likeness (QED) is 0.268. The summed E-state index contributed by atoms with van der Waals surface area (Å²) in [6.07, 6.45) is 12.6. The van der Waals surface area contributed by atoms with Crippen molar-refractivity contribution in [3.05, 3.63) is 79.8 Å². The zero-order valence-electron chi connectivity index (χ0n) is 43.2. The van der Waals surface area contributed by atoms with E-state index in [4.69, 9.17) is 37.8 Å². The van der Waals surface area contributed by atoms with Crippen molar-refractivity contribution < 1.29 is 33.8 Å². The van der Waals surface area contributed by atoms with E-state index < -0.39 is 17.2 Å². The van der Waals surface area contributed by atoms with Crippen molar-refractivity contribution in [1.29, 1.82) is 0 Å². The number of nitrogens with zero attached hydrogens (tertiary/aromatic N) is 3. The highest BCUT2D eigenvalue weighted by molar-refractivity contribution is 6.31. The number of carboxylic acids is 1. The van der Waals surface area contributed by atoms with Gasteiger partial charge in [0.1, 0.15) is 11.2 Å². The molecule has 11 nitrogen and oxygen atoms in total. The summed E-state index contributed by atoms with van der Waals surface area (Å²) in [6.45, 7) is 18.9. The van der Waals surface area contributed by atoms with Crippen LogP contribution in [0.3, 0.4) is 0 Å². The lowest BCUT2D eigenvalue weighted by Gasteiger charge is -2.40. The van der Waals surface area contributed by atoms with Crippen molar-refractivity contribution in [3.63, 3.8) is 0 Å². The Morgan fingerprint density at radius 3 is 1.59 bits per heavy atom. The van der Waals surface area contributed by atoms with Gasteiger partial charge in [-0.15, -0.1) is 0 Å². The number of hydrogen-bond donors (Lipinski definition) is 2. The van der Waals surface area contributed by atoms with Gasteiger partial charge in [-0.25, -0.2) is 9.59 Å². The van der Waals surface area contributed by atoms with Crippen LogP contribution in [0.2, 0.25) is 10.0 Å². The van der Waals surface area contributed by atoms with Gasteiger partial charge in [-0.2, -0.15) is 0 Å². The Balaban J connectivity index is 0.000000188. The standard InChI is InChI=1S/C28H39ClN2O3.C14H16ClN.C14H25NO4/c1-6-25-24-16-20-15-21(29)11-12-22(20)23(24)13-14-31(25)26(32)19-9-7-18(8-10-19)17-30(5)27(33)34-28(2,3)4;1-2-14-13-8-9-7-10(15)3-4-11(9)12(13)5-6-16-14;1-14(2,3)19-13(18)15(4)9-10-5-7-11(8-6-10)12(16)17/h11-12,15,18-19,25H,6-10,13-14,16-17H2,1-5H3;3-4,7,14,16H,2,5-6,8H2,1H3;10-11H,5-9H2,1-4H3,(H,16,17). The number of benzene rings is 2. The molecule has 2 aliphatic heterocycles. The van der Waals surface area contributed by atoms with E-state index in [0.29, 0.717) is 49.7 Å². The second-order valence-electron chi connectivity index (χ2n) is 22.3. The van der Waals surface area contributed by atoms with Gasteiger partial charge in [-0.1, -0.05) is 49.2 Å². The van der Waals surface area contributed by atoms with Crippen LogP contribution >= 0.6 is 23.2 Å². The Hall–Kier alpha value is -4.06. The minimum Gasteiger partial charge on any atom is -0.481 e. The number of ether oxygens (including phenoxy) is 2. The number of rotatable bonds is 8. The molecule has 0 aromatic heterocycles. The summed E-state index contributed by atoms with van der Waals surface area (Å²) < 4.78 is 10.8. The molecule has 2 heterocycles. The van der Waals surface area contributed by atoms with Crippen LogP contribution in [-0.4, -0.2) is 107 Å². The number of carboxylic acid groups (broad SMARTS) is 1. The smallest absolute Gasteiger partial charge is 0.410 e. The molecule has 2 fully saturated rings. The summed E-state index contributed by atoms with van der Waals surface area (Å²) in [6, 6.07) is 13.3. The molecule has 0 radical (unpaired) electrons. The fraction of sp³-hybridized carbons (Fsp3) is 0.643. The zero-order valence-corrected chi connectivity index (χ0v) is 44.7. The first-order chi connectivity index (χ1) is 32.5. The number of carbonyl (C=O) groups excluding carboxylic acids is 3. The third kappa shape index (κ3) is 14.3. The van der Waals surface area contributed by atoms with Crippen LogP contribution in [0.4, 0.5) is 9.59 Å². The van der Waals surface area contributed by atoms with E-state index in [-0.39, 0.29) is 30.1 Å². The normalized spacial score (nSPS) is 24.0. The summed E-state index contributed by atoms with van der Waals surface area (Å²) >= 11 is 12.3. The second kappa shape index (κ2) is 23.4. The summed E-state index contributed by atoms with van der Waals surface area (Å²) in [4.78, 5) is 54.1. The molecule has 8 rings (SSSR count). The Labute approximate surface area is 422 Å². The lowest BCUT2D eigenvalue weighted by Crippen LogP contribution is -2.48. The second-order valence-corrected chi connectivity index (χ2v) is 23.2. The minimum absolute atomic E-state index is 0.0949. The van der Waals surface area contributed by atoms with Gasteiger partial charge in [0.25, 0.3) is 0 Å². The number of amides is 3. The summed E-state index contributed by atoms with van der Waals surface area (Å²) in [5, 5.41) is 14.2. The maximum Gasteiger partial charge on any atom is 0.410 e. The Bertz CT molecular complexity index is 2230. The average molecular weight is 992 g/mol. The number of carbonyl (C=O) groups is 4. The van der Waals surface area contributed by atoms with E-state index in [1.165, 1.54) is 46.2 Å². The van der Waals surface area contributed by atoms with Crippen molar-refractivity contribution >= 4 is 58.4 Å². The van der Waals surface area contributed by atoms with Crippen LogP contribution in [-0.2, 0) is 31.9 Å². The zero-order chi connectivity index (χ0) is 50.4. The third-order valence-electron chi connectivity index (χ3n) is 14.8. The highest BCUT2D eigenvalue weighted by Crippen LogP contribution is 2.44. The van der Waals surface area contributed by atoms with Gasteiger partial charge >= 0.3 is 18.2 Å². The lowest BCUT2D eigenvalue weighted by molar-refractivity contribution is -0.143. The first kappa shape index (κ1) is 54.3. The predicted octanol–water partition coefficient (Wildman–Crippen LogP) is 12.5. The molecule has 2 unspecified atom stereocenters. The first-order valence-electron chi connectivity index (χ1n) is 25.7. The Morgan fingerprint density at radius 2 is 1.14 bits per heavy atom. The van der Waals surface area contributed by atoms with Crippen LogP contribution < -0.4 is 5.32 Å². The molecule has 3 amide bonds. The van der Waals surface area contributed by atoms with Gasteiger partial charge in [0, 0.05) is 55.7 Å². The summed E-state index contributed by atoms with van der Waals surface area (Å²) in [5.74, 6) is 0.326. The predicted molar refractivity (Wildman–Crippen MR) is 278 cm³/mol. The fourth-order valence-electron chi connectivity index (χ4n) is 11.4. The van der Waals surface area contributed by atoms with Gasteiger partial charge in [0.2, 0.25) is 5.91 Å². The van der Waals surface area contributed by atoms with E-state index in [1.807, 2.05) is 60.7 Å². The molecule has 0 saturated heterocycles. The summed E-state index contributed by atoms with van der Waals surface area (Å²) in [5.41, 5.74) is 10.6. The van der Waals surface area contributed by atoms with Crippen LogP contribution in [0.25, 0.3) is 11.1 Å². The monoisotopic (exact) mass is 991 g/mol. The molecular formula is C56H80Cl2N4O7. The van der Waals surface area contributed by atoms with E-state index in [0.717, 1.165) is 87.3 Å². The van der Waals surface area contributed by atoms with E-state index in [2.05, 4.69) is 48.3 Å². The Kier molecular flexibility index (Phi) is 18.4. The molecule has 2 aromatic carbocycles. The summed E-state index contributed by atoms with van der Waals surface area (Å²) in [7, 11) is 3.54. The molecule has 0 bridgehead atoms. The highest BCUT2D eigenvalue weighted by atomic mass is 35.5. The number of hydrogen-bond acceptors (Lipinski definition) is 7. The third-order valence-corrected chi connectivity index (χ3v) is 15.3. The number of halogens is 2. The van der Waals surface area contributed by atoms with Gasteiger partial charge in [0.05, 0.1) is 12.0 Å². The lowest BCUT2D eigenvalue weighted by atomic mass is 9.80. The molecule has 4 aliphatic carbocycles. The topological polar surface area (TPSA) is 129 Å². The molecule has 2 atom stereocenters. The van der Waals surface area contributed by atoms with E-state index in [1.54, 1.807) is 28.0 Å². The van der Waals surface area contributed by atoms with Crippen LogP contribution in [0.15, 0.2) is 47.5 Å². The Morgan fingerprint density at radius 1 is 0.681 bits per heavy atom. The number of nitrogens with one attached hydrogen (secondary N) is 1. The number of aliphatic carboxylic acids is 1. The van der Waals surface area contributed by atoms with Gasteiger partial charge in [-0.05, 0) is 219 Å². The molecule has 2 saturated carbocycles. The van der Waals surface area contributed by atoms with Crippen molar-refractivity contribution in [1.82, 2.24) is 20.0 Å². The molecule has 2 N–H and O–H groups in total. The maximum absolute atomic E-state index is 13.6. The average Bonchev–Trinajstić information content (AvgIpc) is 3.85. The molecule has 6 aliphatic rings. The first-order valence-corrected chi connectivity index (χ1v) is 26.5. The van der Waals surface area contributed by atoms with Gasteiger partial charge in [-0.3, -0.25) is 9.59 Å². The van der Waals surface area contributed by atoms with Crippen LogP contribution in [0, 0.1) is 23.7 Å². The SMILES string of the molecule is CCC1C2=C(CCN1C(=O)C1CCC(CN(C)C(=O)OC(C)(C)C)CC1)c1ccc(Cl)cc1C2.CCC1NCCC2=C1Cc1cc(Cl)ccc12.CN(CC1CCC(C(=O)O)CC1)C(=O)OC(C)(C)C. The van der Waals surface area contributed by atoms with Crippen molar-refractivity contribution in [3.8, 4) is 0 Å². The van der Waals surface area contributed by atoms with Gasteiger partial charge < -0.3 is 34.6 Å². The maximum atomic E-state index is 13.6. The van der Waals surface area contributed by atoms with Crippen molar-refractivity contribution in [2.24, 2.45) is 23.7 Å². The molecular weight excluding hydrogens is 912 g/mol. The minimum atomic E-state index is -0.695. The number of fused-ring (bicyclic) bond motifs is 4. The van der Waals surface area contributed by atoms with Gasteiger partial charge in [0.15, 0.2) is 0 Å². The molecule has 0 spiro atoms. The van der Waals surface area contributed by atoms with E-state index in [9.17, 15) is 19.2 Å². The highest BCUT2D eigenvalue weighted by Gasteiger charge is 2.39. The van der Waals surface area contributed by atoms with Crippen molar-refractivity contribution in [2.45, 2.75) is 169 Å². The molecule has 69 heavy (non-hydrogen) atoms. The van der Waals surface area contributed by atoms with Crippen LogP contribution in [0.1, 0.15) is 155 Å². The fourth-order valence-corrected chi connectivity index (χ4v) is 11.8. The molecule has 13 heteroatoms. The van der Waals surface area contributed by atoms with Crippen molar-refractivity contribution in [2.75, 3.05) is 40.3 Å². The van der Waals surface area contributed by atoms with Crippen LogP contribution in [0.5, 0.6) is 0 Å². The largest absolute Gasteiger partial charge is 0.481 e.